The third-order valence-electron chi connectivity index (χ3n) is 6.81. The number of aromatic nitrogens is 1. The molecule has 7 heteroatoms. The second kappa shape index (κ2) is 7.99. The summed E-state index contributed by atoms with van der Waals surface area (Å²) in [5.74, 6) is -0.546. The summed E-state index contributed by atoms with van der Waals surface area (Å²) in [7, 11) is 0. The topological polar surface area (TPSA) is 56.4 Å². The predicted octanol–water partition coefficient (Wildman–Crippen LogP) is 4.85. The zero-order valence-corrected chi connectivity index (χ0v) is 18.9. The van der Waals surface area contributed by atoms with Crippen LogP contribution in [-0.4, -0.2) is 39.2 Å². The Morgan fingerprint density at radius 3 is 2.47 bits per heavy atom. The van der Waals surface area contributed by atoms with Crippen LogP contribution in [0.1, 0.15) is 28.4 Å². The maximum absolute atomic E-state index is 13.7. The summed E-state index contributed by atoms with van der Waals surface area (Å²) < 4.78 is 13.3. The molecule has 1 fully saturated rings. The van der Waals surface area contributed by atoms with E-state index >= 15 is 0 Å². The lowest BCUT2D eigenvalue weighted by atomic mass is 9.86. The molecule has 170 valence electrons. The van der Waals surface area contributed by atoms with Crippen LogP contribution < -0.4 is 0 Å². The van der Waals surface area contributed by atoms with Crippen molar-refractivity contribution in [3.05, 3.63) is 106 Å². The van der Waals surface area contributed by atoms with E-state index in [1.54, 1.807) is 34.1 Å². The number of piperazine rings is 1. The molecular weight excluding hydrogens is 453 g/mol. The second-order valence-electron chi connectivity index (χ2n) is 8.86. The fourth-order valence-corrected chi connectivity index (χ4v) is 5.38. The number of amides is 2. The van der Waals surface area contributed by atoms with Crippen LogP contribution in [0.3, 0.4) is 0 Å². The monoisotopic (exact) mass is 473 g/mol. The van der Waals surface area contributed by atoms with E-state index in [2.05, 4.69) is 4.98 Å². The molecule has 1 saturated heterocycles. The van der Waals surface area contributed by atoms with Gasteiger partial charge in [0.15, 0.2) is 0 Å². The Kier molecular flexibility index (Phi) is 4.92. The normalized spacial score (nSPS) is 19.9. The van der Waals surface area contributed by atoms with Crippen molar-refractivity contribution < 1.29 is 14.0 Å². The summed E-state index contributed by atoms with van der Waals surface area (Å²) in [6.45, 7) is 0.244. The number of rotatable bonds is 3. The summed E-state index contributed by atoms with van der Waals surface area (Å²) in [6.07, 6.45) is 0.438. The Morgan fingerprint density at radius 1 is 0.971 bits per heavy atom. The highest BCUT2D eigenvalue weighted by Gasteiger charge is 2.48. The molecule has 4 aromatic rings. The van der Waals surface area contributed by atoms with Crippen LogP contribution in [0, 0.1) is 5.82 Å². The minimum Gasteiger partial charge on any atom is -0.356 e. The van der Waals surface area contributed by atoms with E-state index < -0.39 is 12.1 Å². The van der Waals surface area contributed by atoms with Gasteiger partial charge >= 0.3 is 0 Å². The van der Waals surface area contributed by atoms with Crippen molar-refractivity contribution in [1.82, 2.24) is 14.8 Å². The molecule has 6 rings (SSSR count). The highest BCUT2D eigenvalue weighted by molar-refractivity contribution is 6.30. The average molecular weight is 474 g/mol. The molecule has 1 aromatic heterocycles. The first-order chi connectivity index (χ1) is 16.5. The van der Waals surface area contributed by atoms with Gasteiger partial charge in [0.2, 0.25) is 11.8 Å². The first-order valence-corrected chi connectivity index (χ1v) is 11.6. The van der Waals surface area contributed by atoms with Crippen molar-refractivity contribution >= 4 is 34.3 Å². The summed E-state index contributed by atoms with van der Waals surface area (Å²) >= 11 is 6.14. The van der Waals surface area contributed by atoms with Gasteiger partial charge in [0.05, 0.1) is 6.04 Å². The molecule has 0 unspecified atom stereocenters. The van der Waals surface area contributed by atoms with E-state index in [0.717, 1.165) is 33.3 Å². The smallest absolute Gasteiger partial charge is 0.246 e. The summed E-state index contributed by atoms with van der Waals surface area (Å²) in [4.78, 5) is 34.1. The van der Waals surface area contributed by atoms with E-state index in [1.807, 2.05) is 36.4 Å². The molecule has 2 amide bonds. The molecule has 34 heavy (non-hydrogen) atoms. The maximum atomic E-state index is 13.7. The Labute approximate surface area is 200 Å². The van der Waals surface area contributed by atoms with Crippen molar-refractivity contribution in [2.24, 2.45) is 0 Å². The second-order valence-corrected chi connectivity index (χ2v) is 9.30. The van der Waals surface area contributed by atoms with Crippen molar-refractivity contribution in [2.75, 3.05) is 6.54 Å². The highest BCUT2D eigenvalue weighted by atomic mass is 35.5. The zero-order chi connectivity index (χ0) is 23.4. The Bertz CT molecular complexity index is 1410. The van der Waals surface area contributed by atoms with Crippen LogP contribution in [0.15, 0.2) is 72.8 Å². The van der Waals surface area contributed by atoms with Crippen LogP contribution in [0.2, 0.25) is 5.02 Å². The van der Waals surface area contributed by atoms with E-state index in [-0.39, 0.29) is 30.7 Å². The molecule has 0 radical (unpaired) electrons. The third-order valence-corrected chi connectivity index (χ3v) is 7.07. The summed E-state index contributed by atoms with van der Waals surface area (Å²) in [5, 5.41) is 1.67. The van der Waals surface area contributed by atoms with E-state index in [9.17, 15) is 14.0 Å². The number of fused-ring (bicyclic) bond motifs is 4. The number of carbonyl (C=O) groups is 2. The van der Waals surface area contributed by atoms with Gasteiger partial charge in [0, 0.05) is 34.6 Å². The van der Waals surface area contributed by atoms with Gasteiger partial charge in [0.25, 0.3) is 0 Å². The maximum Gasteiger partial charge on any atom is 0.246 e. The number of para-hydroxylation sites is 1. The van der Waals surface area contributed by atoms with Crippen molar-refractivity contribution in [3.8, 4) is 0 Å². The number of hydrogen-bond acceptors (Lipinski definition) is 2. The number of nitrogens with zero attached hydrogens (tertiary/aromatic N) is 2. The first kappa shape index (κ1) is 20.9. The lowest BCUT2D eigenvalue weighted by Crippen LogP contribution is -2.62. The number of nitrogens with one attached hydrogen (secondary N) is 1. The lowest BCUT2D eigenvalue weighted by molar-refractivity contribution is -0.159. The first-order valence-electron chi connectivity index (χ1n) is 11.2. The van der Waals surface area contributed by atoms with Crippen LogP contribution in [0.4, 0.5) is 4.39 Å². The number of aromatic amines is 1. The van der Waals surface area contributed by atoms with Gasteiger partial charge in [-0.05, 0) is 47.0 Å². The Hall–Kier alpha value is -3.64. The zero-order valence-electron chi connectivity index (χ0n) is 18.2. The molecular formula is C27H21ClFN3O2. The molecule has 0 aliphatic carbocycles. The fourth-order valence-electron chi connectivity index (χ4n) is 5.26. The Morgan fingerprint density at radius 2 is 1.71 bits per heavy atom. The number of halogens is 2. The molecule has 3 aromatic carbocycles. The molecule has 3 heterocycles. The van der Waals surface area contributed by atoms with Gasteiger partial charge in [0.1, 0.15) is 18.4 Å². The fraction of sp³-hybridized carbons (Fsp3) is 0.185. The van der Waals surface area contributed by atoms with Gasteiger partial charge in [-0.15, -0.1) is 0 Å². The summed E-state index contributed by atoms with van der Waals surface area (Å²) in [6, 6.07) is 20.4. The number of carbonyl (C=O) groups excluding carboxylic acids is 2. The predicted molar refractivity (Wildman–Crippen MR) is 128 cm³/mol. The lowest BCUT2D eigenvalue weighted by Gasteiger charge is -2.47. The molecule has 2 aliphatic rings. The number of benzene rings is 3. The van der Waals surface area contributed by atoms with Gasteiger partial charge in [-0.1, -0.05) is 54.1 Å². The van der Waals surface area contributed by atoms with Crippen LogP contribution in [0.5, 0.6) is 0 Å². The molecule has 0 saturated carbocycles. The van der Waals surface area contributed by atoms with Crippen molar-refractivity contribution in [1.29, 1.82) is 0 Å². The molecule has 1 N–H and O–H groups in total. The van der Waals surface area contributed by atoms with Crippen molar-refractivity contribution in [3.63, 3.8) is 0 Å². The minimum atomic E-state index is -0.617. The molecule has 2 atom stereocenters. The number of hydrogen-bond donors (Lipinski definition) is 1. The van der Waals surface area contributed by atoms with Crippen molar-refractivity contribution in [2.45, 2.75) is 25.0 Å². The van der Waals surface area contributed by atoms with Crippen LogP contribution in [-0.2, 0) is 22.6 Å². The van der Waals surface area contributed by atoms with Gasteiger partial charge in [-0.2, -0.15) is 0 Å². The third kappa shape index (κ3) is 3.37. The molecule has 5 nitrogen and oxygen atoms in total. The van der Waals surface area contributed by atoms with E-state index in [1.165, 1.54) is 12.1 Å². The minimum absolute atomic E-state index is 0.0215. The standard InChI is InChI=1S/C27H21ClFN3O2/c28-18-9-7-17(8-10-18)26-25-21(20-3-1-2-4-22(20)30-25)13-23-27(34)31(15-24(33)32(23)26)14-16-5-11-19(29)12-6-16/h1-12,23,26,30H,13-15H2/t23-,26-/m0/s1. The SMILES string of the molecule is O=C1[C@@H]2Cc3c([nH]c4ccccc34)[C@H](c3ccc(Cl)cc3)N2C(=O)CN1Cc1ccc(F)cc1. The van der Waals surface area contributed by atoms with Gasteiger partial charge in [-0.25, -0.2) is 4.39 Å². The van der Waals surface area contributed by atoms with Gasteiger partial charge < -0.3 is 14.8 Å². The van der Waals surface area contributed by atoms with Crippen LogP contribution >= 0.6 is 11.6 Å². The quantitative estimate of drug-likeness (QED) is 0.462. The molecule has 0 bridgehead atoms. The number of H-pyrrole nitrogens is 1. The largest absolute Gasteiger partial charge is 0.356 e. The molecule has 2 aliphatic heterocycles. The highest BCUT2D eigenvalue weighted by Crippen LogP contribution is 2.42. The van der Waals surface area contributed by atoms with Crippen LogP contribution in [0.25, 0.3) is 10.9 Å². The van der Waals surface area contributed by atoms with Gasteiger partial charge in [-0.3, -0.25) is 9.59 Å². The average Bonchev–Trinajstić information content (AvgIpc) is 3.21. The van der Waals surface area contributed by atoms with E-state index in [4.69, 9.17) is 11.6 Å². The van der Waals surface area contributed by atoms with E-state index in [0.29, 0.717) is 11.4 Å². The Balaban J connectivity index is 1.44. The molecule has 0 spiro atoms. The summed E-state index contributed by atoms with van der Waals surface area (Å²) in [5.41, 5.74) is 4.66.